The van der Waals surface area contributed by atoms with E-state index in [9.17, 15) is 9.90 Å². The second-order valence-corrected chi connectivity index (χ2v) is 6.90. The minimum atomic E-state index is -0.611. The molecule has 25 heavy (non-hydrogen) atoms. The van der Waals surface area contributed by atoms with E-state index in [1.165, 1.54) is 10.2 Å². The summed E-state index contributed by atoms with van der Waals surface area (Å²) in [5.41, 5.74) is 1.64. The number of carbonyl (C=O) groups is 1. The lowest BCUT2D eigenvalue weighted by Crippen LogP contribution is -2.44. The molecule has 0 radical (unpaired) electrons. The van der Waals surface area contributed by atoms with E-state index in [1.54, 1.807) is 11.1 Å². The van der Waals surface area contributed by atoms with Crippen molar-refractivity contribution in [2.24, 2.45) is 0 Å². The van der Waals surface area contributed by atoms with Crippen molar-refractivity contribution in [2.45, 2.75) is 36.9 Å². The van der Waals surface area contributed by atoms with E-state index in [4.69, 9.17) is 4.74 Å². The van der Waals surface area contributed by atoms with Crippen LogP contribution >= 0.6 is 0 Å². The molecule has 2 aliphatic rings. The third-order valence-electron chi connectivity index (χ3n) is 5.34. The molecular formula is C18H22N4O3. The summed E-state index contributed by atoms with van der Waals surface area (Å²) in [6.07, 6.45) is 2.93. The van der Waals surface area contributed by atoms with Gasteiger partial charge >= 0.3 is 0 Å². The fourth-order valence-corrected chi connectivity index (χ4v) is 3.57. The molecule has 1 aromatic carbocycles. The minimum absolute atomic E-state index is 0.129. The molecule has 1 amide bonds. The molecule has 7 heteroatoms. The van der Waals surface area contributed by atoms with Gasteiger partial charge in [-0.3, -0.25) is 4.79 Å². The summed E-state index contributed by atoms with van der Waals surface area (Å²) in [7, 11) is 1.82. The lowest BCUT2D eigenvalue weighted by atomic mass is 9.75. The average Bonchev–Trinajstić information content (AvgIpc) is 3.22. The molecule has 1 aromatic heterocycles. The Kier molecular flexibility index (Phi) is 4.27. The number of aliphatic hydroxyl groups is 1. The molecular weight excluding hydrogens is 320 g/mol. The normalized spacial score (nSPS) is 28.6. The summed E-state index contributed by atoms with van der Waals surface area (Å²) in [5.74, 6) is 0.388. The van der Waals surface area contributed by atoms with Gasteiger partial charge in [0.1, 0.15) is 12.1 Å². The molecule has 2 aromatic rings. The van der Waals surface area contributed by atoms with Gasteiger partial charge in [-0.15, -0.1) is 5.10 Å². The van der Waals surface area contributed by atoms with Gasteiger partial charge in [0, 0.05) is 13.1 Å². The van der Waals surface area contributed by atoms with Crippen molar-refractivity contribution in [1.82, 2.24) is 19.9 Å². The molecule has 4 rings (SSSR count). The van der Waals surface area contributed by atoms with Crippen LogP contribution in [0.3, 0.4) is 0 Å². The maximum Gasteiger partial charge on any atom is 0.276 e. The summed E-state index contributed by atoms with van der Waals surface area (Å²) in [6.45, 7) is 0.673. The molecule has 132 valence electrons. The maximum atomic E-state index is 12.6. The molecule has 2 heterocycles. The Morgan fingerprint density at radius 3 is 2.72 bits per heavy atom. The van der Waals surface area contributed by atoms with Gasteiger partial charge in [-0.2, -0.15) is 0 Å². The highest BCUT2D eigenvalue weighted by atomic mass is 16.5. The van der Waals surface area contributed by atoms with Gasteiger partial charge < -0.3 is 14.7 Å². The first-order valence-corrected chi connectivity index (χ1v) is 8.63. The number of aromatic nitrogens is 3. The van der Waals surface area contributed by atoms with E-state index in [0.29, 0.717) is 18.2 Å². The molecule has 1 N–H and O–H groups in total. The predicted molar refractivity (Wildman–Crippen MR) is 90.2 cm³/mol. The van der Waals surface area contributed by atoms with Crippen LogP contribution in [0.4, 0.5) is 0 Å². The molecule has 2 atom stereocenters. The van der Waals surface area contributed by atoms with Gasteiger partial charge in [-0.25, -0.2) is 4.68 Å². The van der Waals surface area contributed by atoms with Crippen molar-refractivity contribution in [3.63, 3.8) is 0 Å². The van der Waals surface area contributed by atoms with E-state index in [1.807, 2.05) is 13.1 Å². The van der Waals surface area contributed by atoms with Crippen molar-refractivity contribution in [3.05, 3.63) is 47.8 Å². The Morgan fingerprint density at radius 1 is 1.28 bits per heavy atom. The summed E-state index contributed by atoms with van der Waals surface area (Å²) in [5, 5.41) is 17.8. The van der Waals surface area contributed by atoms with E-state index < -0.39 is 6.10 Å². The molecule has 0 unspecified atom stereocenters. The molecule has 7 nitrogen and oxygen atoms in total. The number of hydrogen-bond acceptors (Lipinski definition) is 5. The minimum Gasteiger partial charge on any atom is -0.388 e. The number of hydrogen-bond donors (Lipinski definition) is 1. The van der Waals surface area contributed by atoms with Crippen LogP contribution in [0.5, 0.6) is 0 Å². The van der Waals surface area contributed by atoms with Crippen molar-refractivity contribution >= 4 is 5.91 Å². The molecule has 1 aliphatic carbocycles. The molecule has 1 saturated carbocycles. The number of ether oxygens (including phenoxy) is 1. The van der Waals surface area contributed by atoms with E-state index in [2.05, 4.69) is 34.6 Å². The number of amides is 1. The fourth-order valence-electron chi connectivity index (χ4n) is 3.57. The van der Waals surface area contributed by atoms with Gasteiger partial charge in [0.2, 0.25) is 0 Å². The molecule has 1 aliphatic heterocycles. The van der Waals surface area contributed by atoms with Crippen LogP contribution in [0, 0.1) is 0 Å². The highest BCUT2D eigenvalue weighted by Crippen LogP contribution is 2.39. The molecule has 0 bridgehead atoms. The summed E-state index contributed by atoms with van der Waals surface area (Å²) < 4.78 is 6.76. The summed E-state index contributed by atoms with van der Waals surface area (Å²) >= 11 is 0. The van der Waals surface area contributed by atoms with E-state index in [0.717, 1.165) is 12.8 Å². The topological polar surface area (TPSA) is 80.5 Å². The largest absolute Gasteiger partial charge is 0.388 e. The number of aliphatic hydroxyl groups excluding tert-OH is 1. The van der Waals surface area contributed by atoms with Gasteiger partial charge in [-0.1, -0.05) is 35.5 Å². The van der Waals surface area contributed by atoms with Crippen LogP contribution in [0.1, 0.15) is 40.9 Å². The van der Waals surface area contributed by atoms with Crippen LogP contribution in [0.25, 0.3) is 0 Å². The Balaban J connectivity index is 1.38. The van der Waals surface area contributed by atoms with Crippen LogP contribution in [-0.4, -0.2) is 63.3 Å². The van der Waals surface area contributed by atoms with Crippen LogP contribution < -0.4 is 0 Å². The second-order valence-electron chi connectivity index (χ2n) is 6.90. The summed E-state index contributed by atoms with van der Waals surface area (Å²) in [4.78, 5) is 14.4. The zero-order valence-corrected chi connectivity index (χ0v) is 14.2. The van der Waals surface area contributed by atoms with Crippen LogP contribution in [-0.2, 0) is 4.74 Å². The standard InChI is InChI=1S/C18H22N4O3/c1-21(14-7-13(8-14)12-5-3-2-4-6-12)18(24)15-9-22(20-19-15)16-10-25-11-17(16)23/h2-6,9,13-14,16-17,23H,7-8,10-11H2,1H3/t13?,14?,16-,17-/m1/s1. The third-order valence-corrected chi connectivity index (χ3v) is 5.34. The van der Waals surface area contributed by atoms with Crippen LogP contribution in [0.2, 0.25) is 0 Å². The van der Waals surface area contributed by atoms with E-state index in [-0.39, 0.29) is 24.6 Å². The lowest BCUT2D eigenvalue weighted by molar-refractivity contribution is 0.0614. The second kappa shape index (κ2) is 6.57. The smallest absolute Gasteiger partial charge is 0.276 e. The molecule has 1 saturated heterocycles. The zero-order chi connectivity index (χ0) is 17.4. The highest BCUT2D eigenvalue weighted by Gasteiger charge is 2.36. The van der Waals surface area contributed by atoms with Gasteiger partial charge in [-0.05, 0) is 24.3 Å². The van der Waals surface area contributed by atoms with Crippen molar-refractivity contribution in [3.8, 4) is 0 Å². The van der Waals surface area contributed by atoms with Gasteiger partial charge in [0.05, 0.1) is 19.4 Å². The lowest BCUT2D eigenvalue weighted by Gasteiger charge is -2.41. The number of nitrogens with zero attached hydrogens (tertiary/aromatic N) is 4. The highest BCUT2D eigenvalue weighted by molar-refractivity contribution is 5.92. The average molecular weight is 342 g/mol. The van der Waals surface area contributed by atoms with E-state index >= 15 is 0 Å². The predicted octanol–water partition coefficient (Wildman–Crippen LogP) is 1.23. The Bertz CT molecular complexity index is 742. The number of carbonyl (C=O) groups excluding carboxylic acids is 1. The zero-order valence-electron chi connectivity index (χ0n) is 14.2. The molecule has 0 spiro atoms. The maximum absolute atomic E-state index is 12.6. The third kappa shape index (κ3) is 3.05. The Morgan fingerprint density at radius 2 is 2.04 bits per heavy atom. The Labute approximate surface area is 146 Å². The quantitative estimate of drug-likeness (QED) is 0.904. The van der Waals surface area contributed by atoms with Crippen molar-refractivity contribution < 1.29 is 14.6 Å². The first-order valence-electron chi connectivity index (χ1n) is 8.63. The monoisotopic (exact) mass is 342 g/mol. The SMILES string of the molecule is CN(C(=O)c1cn([C@@H]2COC[C@H]2O)nn1)C1CC(c2ccccc2)C1. The number of benzene rings is 1. The van der Waals surface area contributed by atoms with Gasteiger partial charge in [0.15, 0.2) is 5.69 Å². The van der Waals surface area contributed by atoms with Crippen LogP contribution in [0.15, 0.2) is 36.5 Å². The van der Waals surface area contributed by atoms with Crippen molar-refractivity contribution in [2.75, 3.05) is 20.3 Å². The fraction of sp³-hybridized carbons (Fsp3) is 0.500. The first-order chi connectivity index (χ1) is 12.1. The molecule has 2 fully saturated rings. The van der Waals surface area contributed by atoms with Crippen molar-refractivity contribution in [1.29, 1.82) is 0 Å². The number of rotatable bonds is 4. The van der Waals surface area contributed by atoms with Gasteiger partial charge in [0.25, 0.3) is 5.91 Å². The first kappa shape index (κ1) is 16.2. The summed E-state index contributed by atoms with van der Waals surface area (Å²) in [6, 6.07) is 10.4. The Hall–Kier alpha value is -2.25.